The number of carbonyl (C=O) groups excluding carboxylic acids is 1. The summed E-state index contributed by atoms with van der Waals surface area (Å²) in [7, 11) is 0.948. The van der Waals surface area contributed by atoms with Crippen LogP contribution in [0.1, 0.15) is 18.3 Å². The topological polar surface area (TPSA) is 44.1 Å². The largest absolute Gasteiger partial charge is 0.466 e. The van der Waals surface area contributed by atoms with Crippen molar-refractivity contribution in [2.24, 2.45) is 7.05 Å². The van der Waals surface area contributed by atoms with Gasteiger partial charge in [0.25, 0.3) is 0 Å². The molecule has 19 heavy (non-hydrogen) atoms. The number of halogens is 5. The first kappa shape index (κ1) is 15.4. The van der Waals surface area contributed by atoms with Gasteiger partial charge in [0, 0.05) is 7.05 Å². The summed E-state index contributed by atoms with van der Waals surface area (Å²) in [5.74, 6) is -5.77. The zero-order valence-corrected chi connectivity index (χ0v) is 10.1. The van der Waals surface area contributed by atoms with Crippen LogP contribution in [0.3, 0.4) is 0 Å². The number of hydrogen-bond acceptors (Lipinski definition) is 3. The lowest BCUT2D eigenvalue weighted by Gasteiger charge is -2.19. The van der Waals surface area contributed by atoms with E-state index >= 15 is 0 Å². The summed E-state index contributed by atoms with van der Waals surface area (Å²) < 4.78 is 67.8. The molecule has 0 amide bonds. The Morgan fingerprint density at radius 3 is 2.42 bits per heavy atom. The van der Waals surface area contributed by atoms with Gasteiger partial charge in [-0.05, 0) is 13.0 Å². The van der Waals surface area contributed by atoms with Gasteiger partial charge in [-0.25, -0.2) is 0 Å². The van der Waals surface area contributed by atoms with Crippen LogP contribution in [0.15, 0.2) is 6.07 Å². The van der Waals surface area contributed by atoms with Crippen LogP contribution >= 0.6 is 0 Å². The molecule has 0 aromatic carbocycles. The smallest absolute Gasteiger partial charge is 0.459 e. The molecule has 0 fully saturated rings. The monoisotopic (exact) mass is 286 g/mol. The lowest BCUT2D eigenvalue weighted by atomic mass is 10.2. The van der Waals surface area contributed by atoms with Gasteiger partial charge in [-0.15, -0.1) is 0 Å². The molecule has 0 saturated carbocycles. The third-order valence-electron chi connectivity index (χ3n) is 2.24. The SMILES string of the molecule is CCOC(=O)Cc1cc(C(F)(F)C(F)(F)F)n(C)n1. The molecule has 0 aliphatic rings. The zero-order valence-electron chi connectivity index (χ0n) is 10.1. The Hall–Kier alpha value is -1.67. The molecule has 0 unspecified atom stereocenters. The summed E-state index contributed by atoms with van der Waals surface area (Å²) in [6.07, 6.45) is -6.18. The van der Waals surface area contributed by atoms with E-state index < -0.39 is 30.2 Å². The first-order chi connectivity index (χ1) is 8.59. The van der Waals surface area contributed by atoms with Crippen LogP contribution in [0.4, 0.5) is 22.0 Å². The molecule has 0 aliphatic heterocycles. The van der Waals surface area contributed by atoms with E-state index in [4.69, 9.17) is 0 Å². The van der Waals surface area contributed by atoms with E-state index in [1.165, 1.54) is 0 Å². The molecule has 0 radical (unpaired) electrons. The molecule has 0 bridgehead atoms. The number of carbonyl (C=O) groups is 1. The normalized spacial score (nSPS) is 12.6. The second kappa shape index (κ2) is 5.14. The first-order valence-electron chi connectivity index (χ1n) is 5.23. The minimum Gasteiger partial charge on any atom is -0.466 e. The highest BCUT2D eigenvalue weighted by Gasteiger charge is 2.60. The molecule has 1 rings (SSSR count). The summed E-state index contributed by atoms with van der Waals surface area (Å²) in [6.45, 7) is 1.62. The summed E-state index contributed by atoms with van der Waals surface area (Å²) >= 11 is 0. The van der Waals surface area contributed by atoms with Crippen molar-refractivity contribution in [3.05, 3.63) is 17.5 Å². The van der Waals surface area contributed by atoms with Gasteiger partial charge in [-0.3, -0.25) is 9.48 Å². The van der Waals surface area contributed by atoms with E-state index in [2.05, 4.69) is 9.84 Å². The van der Waals surface area contributed by atoms with Crippen LogP contribution in [0.5, 0.6) is 0 Å². The van der Waals surface area contributed by atoms with Crippen molar-refractivity contribution in [3.8, 4) is 0 Å². The summed E-state index contributed by atoms with van der Waals surface area (Å²) in [4.78, 5) is 11.1. The van der Waals surface area contributed by atoms with Crippen molar-refractivity contribution in [1.29, 1.82) is 0 Å². The molecule has 1 aromatic heterocycles. The summed E-state index contributed by atoms with van der Waals surface area (Å²) in [6, 6.07) is 0.546. The van der Waals surface area contributed by atoms with E-state index in [9.17, 15) is 26.7 Å². The minimum absolute atomic E-state index is 0.0806. The molecular weight excluding hydrogens is 275 g/mol. The molecule has 1 aromatic rings. The molecule has 9 heteroatoms. The Bertz CT molecular complexity index is 467. The first-order valence-corrected chi connectivity index (χ1v) is 5.23. The van der Waals surface area contributed by atoms with Gasteiger partial charge in [0.05, 0.1) is 18.7 Å². The lowest BCUT2D eigenvalue weighted by molar-refractivity contribution is -0.291. The van der Waals surface area contributed by atoms with Crippen LogP contribution in [-0.4, -0.2) is 28.5 Å². The molecule has 108 valence electrons. The average Bonchev–Trinajstić information content (AvgIpc) is 2.58. The molecule has 0 N–H and O–H groups in total. The Morgan fingerprint density at radius 2 is 1.95 bits per heavy atom. The highest BCUT2D eigenvalue weighted by atomic mass is 19.4. The molecule has 0 aliphatic carbocycles. The number of alkyl halides is 5. The number of esters is 1. The highest BCUT2D eigenvalue weighted by molar-refractivity contribution is 5.71. The standard InChI is InChI=1S/C10H11F5N2O2/c1-3-19-8(18)5-6-4-7(17(2)16-6)9(11,12)10(13,14)15/h4H,3,5H2,1-2H3. The van der Waals surface area contributed by atoms with Crippen molar-refractivity contribution >= 4 is 5.97 Å². The number of nitrogens with zero attached hydrogens (tertiary/aromatic N) is 2. The van der Waals surface area contributed by atoms with Crippen LogP contribution in [0.2, 0.25) is 0 Å². The minimum atomic E-state index is -5.72. The number of rotatable bonds is 4. The molecule has 0 saturated heterocycles. The second-order valence-electron chi connectivity index (χ2n) is 3.70. The predicted molar refractivity (Wildman–Crippen MR) is 53.5 cm³/mol. The Morgan fingerprint density at radius 1 is 1.37 bits per heavy atom. The van der Waals surface area contributed by atoms with E-state index in [-0.39, 0.29) is 12.3 Å². The Labute approximate surface area is 105 Å². The Balaban J connectivity index is 3.00. The van der Waals surface area contributed by atoms with Gasteiger partial charge >= 0.3 is 18.1 Å². The molecule has 0 atom stereocenters. The number of aromatic nitrogens is 2. The van der Waals surface area contributed by atoms with Gasteiger partial charge in [-0.2, -0.15) is 27.1 Å². The van der Waals surface area contributed by atoms with Crippen molar-refractivity contribution in [2.75, 3.05) is 6.61 Å². The molecule has 1 heterocycles. The summed E-state index contributed by atoms with van der Waals surface area (Å²) in [5, 5.41) is 3.45. The van der Waals surface area contributed by atoms with Crippen molar-refractivity contribution in [3.63, 3.8) is 0 Å². The van der Waals surface area contributed by atoms with Crippen LogP contribution < -0.4 is 0 Å². The molecular formula is C10H11F5N2O2. The Kier molecular flexibility index (Phi) is 4.16. The fraction of sp³-hybridized carbons (Fsp3) is 0.600. The maximum atomic E-state index is 13.1. The number of hydrogen-bond donors (Lipinski definition) is 0. The maximum absolute atomic E-state index is 13.1. The van der Waals surface area contributed by atoms with Gasteiger partial charge in [0.2, 0.25) is 0 Å². The van der Waals surface area contributed by atoms with Crippen LogP contribution in [-0.2, 0) is 28.9 Å². The molecule has 4 nitrogen and oxygen atoms in total. The van der Waals surface area contributed by atoms with Gasteiger partial charge in [0.1, 0.15) is 5.69 Å². The fourth-order valence-electron chi connectivity index (χ4n) is 1.41. The van der Waals surface area contributed by atoms with Crippen molar-refractivity contribution < 1.29 is 31.5 Å². The summed E-state index contributed by atoms with van der Waals surface area (Å²) in [5.41, 5.74) is -1.53. The lowest BCUT2D eigenvalue weighted by Crippen LogP contribution is -2.35. The van der Waals surface area contributed by atoms with E-state index in [0.29, 0.717) is 10.7 Å². The number of aryl methyl sites for hydroxylation is 1. The maximum Gasteiger partial charge on any atom is 0.459 e. The third-order valence-corrected chi connectivity index (χ3v) is 2.24. The highest BCUT2D eigenvalue weighted by Crippen LogP contribution is 2.43. The second-order valence-corrected chi connectivity index (χ2v) is 3.70. The predicted octanol–water partition coefficient (Wildman–Crippen LogP) is 2.18. The van der Waals surface area contributed by atoms with Gasteiger partial charge in [0.15, 0.2) is 0 Å². The van der Waals surface area contributed by atoms with E-state index in [0.717, 1.165) is 7.05 Å². The van der Waals surface area contributed by atoms with Gasteiger partial charge in [-0.1, -0.05) is 0 Å². The quantitative estimate of drug-likeness (QED) is 0.629. The van der Waals surface area contributed by atoms with Crippen LogP contribution in [0, 0.1) is 0 Å². The molecule has 0 spiro atoms. The van der Waals surface area contributed by atoms with Crippen molar-refractivity contribution in [1.82, 2.24) is 9.78 Å². The zero-order chi connectivity index (χ0) is 14.8. The number of ether oxygens (including phenoxy) is 1. The third kappa shape index (κ3) is 3.21. The van der Waals surface area contributed by atoms with Crippen LogP contribution in [0.25, 0.3) is 0 Å². The van der Waals surface area contributed by atoms with Crippen molar-refractivity contribution in [2.45, 2.75) is 25.4 Å². The van der Waals surface area contributed by atoms with E-state index in [1.54, 1.807) is 6.92 Å². The van der Waals surface area contributed by atoms with Gasteiger partial charge < -0.3 is 4.74 Å². The average molecular weight is 286 g/mol. The van der Waals surface area contributed by atoms with E-state index in [1.807, 2.05) is 0 Å². The fourth-order valence-corrected chi connectivity index (χ4v) is 1.41.